The van der Waals surface area contributed by atoms with Gasteiger partial charge in [-0.3, -0.25) is 4.79 Å². The summed E-state index contributed by atoms with van der Waals surface area (Å²) in [4.78, 5) is 12.5. The molecule has 2 rings (SSSR count). The van der Waals surface area contributed by atoms with Crippen LogP contribution in [0.2, 0.25) is 0 Å². The maximum Gasteiger partial charge on any atom is 0.200 e. The van der Waals surface area contributed by atoms with E-state index in [9.17, 15) is 15.0 Å². The topological polar surface area (TPSA) is 66.8 Å². The van der Waals surface area contributed by atoms with Crippen LogP contribution in [0.1, 0.15) is 15.9 Å². The molecular formula is C14H9Br3O4. The zero-order valence-corrected chi connectivity index (χ0v) is 15.4. The van der Waals surface area contributed by atoms with Crippen LogP contribution in [0.5, 0.6) is 17.2 Å². The Morgan fingerprint density at radius 1 is 0.952 bits per heavy atom. The van der Waals surface area contributed by atoms with Crippen LogP contribution in [0.3, 0.4) is 0 Å². The molecule has 0 radical (unpaired) electrons. The van der Waals surface area contributed by atoms with Crippen molar-refractivity contribution in [3.05, 3.63) is 48.8 Å². The first-order chi connectivity index (χ1) is 9.88. The van der Waals surface area contributed by atoms with E-state index in [4.69, 9.17) is 4.74 Å². The van der Waals surface area contributed by atoms with Crippen molar-refractivity contribution in [2.75, 3.05) is 7.11 Å². The van der Waals surface area contributed by atoms with Crippen molar-refractivity contribution in [3.8, 4) is 17.2 Å². The maximum absolute atomic E-state index is 12.5. The molecule has 0 heterocycles. The van der Waals surface area contributed by atoms with Gasteiger partial charge in [-0.25, -0.2) is 0 Å². The largest absolute Gasteiger partial charge is 0.506 e. The monoisotopic (exact) mass is 478 g/mol. The molecule has 0 aliphatic rings. The smallest absolute Gasteiger partial charge is 0.200 e. The Morgan fingerprint density at radius 2 is 1.48 bits per heavy atom. The second kappa shape index (κ2) is 6.37. The van der Waals surface area contributed by atoms with Crippen molar-refractivity contribution >= 4 is 53.6 Å². The molecular weight excluding hydrogens is 472 g/mol. The number of ketones is 1. The number of halogens is 3. The Balaban J connectivity index is 2.56. The first-order valence-electron chi connectivity index (χ1n) is 5.65. The number of aromatic hydroxyl groups is 2. The Bertz CT molecular complexity index is 729. The van der Waals surface area contributed by atoms with Gasteiger partial charge in [-0.2, -0.15) is 0 Å². The summed E-state index contributed by atoms with van der Waals surface area (Å²) >= 11 is 9.59. The van der Waals surface area contributed by atoms with Crippen molar-refractivity contribution in [2.45, 2.75) is 0 Å². The van der Waals surface area contributed by atoms with Gasteiger partial charge in [0, 0.05) is 4.47 Å². The number of phenolic OH excluding ortho intramolecular Hbond substituents is 2. The first kappa shape index (κ1) is 16.3. The molecule has 2 N–H and O–H groups in total. The van der Waals surface area contributed by atoms with Gasteiger partial charge in [0.25, 0.3) is 0 Å². The second-order valence-corrected chi connectivity index (χ2v) is 6.50. The van der Waals surface area contributed by atoms with Crippen LogP contribution in [-0.2, 0) is 0 Å². The number of carbonyl (C=O) groups is 1. The maximum atomic E-state index is 12.5. The minimum absolute atomic E-state index is 0.0622. The van der Waals surface area contributed by atoms with Crippen molar-refractivity contribution in [1.82, 2.24) is 0 Å². The van der Waals surface area contributed by atoms with E-state index in [0.29, 0.717) is 14.7 Å². The summed E-state index contributed by atoms with van der Waals surface area (Å²) in [6.07, 6.45) is 0. The molecule has 0 aliphatic carbocycles. The fourth-order valence-corrected chi connectivity index (χ4v) is 2.93. The van der Waals surface area contributed by atoms with E-state index in [1.165, 1.54) is 19.2 Å². The normalized spacial score (nSPS) is 10.5. The average molecular weight is 481 g/mol. The van der Waals surface area contributed by atoms with Gasteiger partial charge in [0.05, 0.1) is 22.7 Å². The predicted octanol–water partition coefficient (Wildman–Crippen LogP) is 4.62. The Morgan fingerprint density at radius 3 is 2.05 bits per heavy atom. The lowest BCUT2D eigenvalue weighted by atomic mass is 10.0. The van der Waals surface area contributed by atoms with E-state index in [1.54, 1.807) is 12.1 Å². The number of methoxy groups -OCH3 is 1. The number of carbonyl (C=O) groups excluding carboxylic acids is 1. The van der Waals surface area contributed by atoms with Crippen LogP contribution < -0.4 is 4.74 Å². The molecule has 0 bridgehead atoms. The summed E-state index contributed by atoms with van der Waals surface area (Å²) in [7, 11) is 1.46. The average Bonchev–Trinajstić information content (AvgIpc) is 2.47. The minimum Gasteiger partial charge on any atom is -0.506 e. The quantitative estimate of drug-likeness (QED) is 0.629. The molecule has 110 valence electrons. The molecule has 0 atom stereocenters. The first-order valence-corrected chi connectivity index (χ1v) is 8.03. The minimum atomic E-state index is -0.499. The number of ether oxygens (including phenoxy) is 1. The highest BCUT2D eigenvalue weighted by molar-refractivity contribution is 9.13. The van der Waals surface area contributed by atoms with Crippen LogP contribution in [0.15, 0.2) is 37.7 Å². The van der Waals surface area contributed by atoms with Gasteiger partial charge >= 0.3 is 0 Å². The lowest BCUT2D eigenvalue weighted by Crippen LogP contribution is -2.03. The van der Waals surface area contributed by atoms with E-state index < -0.39 is 5.78 Å². The molecule has 0 unspecified atom stereocenters. The Hall–Kier alpha value is -1.05. The van der Waals surface area contributed by atoms with Crippen molar-refractivity contribution < 1.29 is 19.7 Å². The standard InChI is InChI=1S/C14H9Br3O4/c1-21-9-5-3-7(14(20)11(9)17)12(18)6-2-4-8(15)10(16)13(6)19/h2-5,19-20H,1H3. The van der Waals surface area contributed by atoms with Gasteiger partial charge < -0.3 is 14.9 Å². The highest BCUT2D eigenvalue weighted by Gasteiger charge is 2.22. The van der Waals surface area contributed by atoms with Crippen LogP contribution in [0, 0.1) is 0 Å². The lowest BCUT2D eigenvalue weighted by Gasteiger charge is -2.11. The summed E-state index contributed by atoms with van der Waals surface area (Å²) < 4.78 is 6.32. The fourth-order valence-electron chi connectivity index (χ4n) is 1.76. The van der Waals surface area contributed by atoms with Crippen molar-refractivity contribution in [3.63, 3.8) is 0 Å². The van der Waals surface area contributed by atoms with Gasteiger partial charge in [-0.05, 0) is 72.1 Å². The number of rotatable bonds is 3. The van der Waals surface area contributed by atoms with Crippen molar-refractivity contribution in [1.29, 1.82) is 0 Å². The van der Waals surface area contributed by atoms with E-state index >= 15 is 0 Å². The van der Waals surface area contributed by atoms with Gasteiger partial charge in [-0.15, -0.1) is 0 Å². The molecule has 0 spiro atoms. The summed E-state index contributed by atoms with van der Waals surface area (Å²) in [5, 5.41) is 20.2. The highest BCUT2D eigenvalue weighted by Crippen LogP contribution is 2.40. The molecule has 0 saturated carbocycles. The summed E-state index contributed by atoms with van der Waals surface area (Å²) in [6.45, 7) is 0. The van der Waals surface area contributed by atoms with Gasteiger partial charge in [0.2, 0.25) is 5.78 Å². The Labute approximate surface area is 146 Å². The third-order valence-corrected chi connectivity index (χ3v) is 5.62. The Kier molecular flexibility index (Phi) is 4.95. The van der Waals surface area contributed by atoms with Gasteiger partial charge in [-0.1, -0.05) is 0 Å². The molecule has 2 aromatic rings. The van der Waals surface area contributed by atoms with E-state index in [0.717, 1.165) is 0 Å². The van der Waals surface area contributed by atoms with Gasteiger partial charge in [0.15, 0.2) is 0 Å². The number of hydrogen-bond acceptors (Lipinski definition) is 4. The molecule has 7 heteroatoms. The lowest BCUT2D eigenvalue weighted by molar-refractivity contribution is 0.103. The molecule has 0 fully saturated rings. The molecule has 0 aromatic heterocycles. The molecule has 0 saturated heterocycles. The summed E-state index contributed by atoms with van der Waals surface area (Å²) in [5.74, 6) is -0.523. The van der Waals surface area contributed by atoms with Crippen LogP contribution in [-0.4, -0.2) is 23.1 Å². The third kappa shape index (κ3) is 2.95. The van der Waals surface area contributed by atoms with Crippen molar-refractivity contribution in [2.24, 2.45) is 0 Å². The zero-order chi connectivity index (χ0) is 15.7. The third-order valence-electron chi connectivity index (χ3n) is 2.86. The van der Waals surface area contributed by atoms with Crippen LogP contribution >= 0.6 is 47.8 Å². The van der Waals surface area contributed by atoms with E-state index in [-0.39, 0.29) is 27.1 Å². The molecule has 0 amide bonds. The molecule has 4 nitrogen and oxygen atoms in total. The number of phenols is 2. The van der Waals surface area contributed by atoms with Crippen LogP contribution in [0.4, 0.5) is 0 Å². The number of benzene rings is 2. The van der Waals surface area contributed by atoms with Crippen LogP contribution in [0.25, 0.3) is 0 Å². The summed E-state index contributed by atoms with van der Waals surface area (Å²) in [5.41, 5.74) is 0.143. The van der Waals surface area contributed by atoms with Gasteiger partial charge in [0.1, 0.15) is 21.7 Å². The summed E-state index contributed by atoms with van der Waals surface area (Å²) in [6, 6.07) is 6.11. The fraction of sp³-hybridized carbons (Fsp3) is 0.0714. The second-order valence-electron chi connectivity index (χ2n) is 4.06. The van der Waals surface area contributed by atoms with E-state index in [2.05, 4.69) is 47.8 Å². The SMILES string of the molecule is COc1ccc(C(=O)c2ccc(Br)c(Br)c2O)c(O)c1Br. The molecule has 0 aliphatic heterocycles. The predicted molar refractivity (Wildman–Crippen MR) is 89.3 cm³/mol. The highest BCUT2D eigenvalue weighted by atomic mass is 79.9. The number of hydrogen-bond donors (Lipinski definition) is 2. The molecule has 2 aromatic carbocycles. The van der Waals surface area contributed by atoms with E-state index in [1.807, 2.05) is 0 Å². The zero-order valence-electron chi connectivity index (χ0n) is 10.7. The molecule has 21 heavy (non-hydrogen) atoms.